The van der Waals surface area contributed by atoms with Crippen LogP contribution in [0.3, 0.4) is 0 Å². The molecule has 236 valence electrons. The molecule has 0 bridgehead atoms. The molecule has 0 fully saturated rings. The molecule has 0 radical (unpaired) electrons. The number of para-hydroxylation sites is 2. The van der Waals surface area contributed by atoms with Crippen molar-refractivity contribution in [3.8, 4) is 34.2 Å². The molecule has 0 saturated carbocycles. The van der Waals surface area contributed by atoms with E-state index in [1.54, 1.807) is 0 Å². The SMILES string of the molecule is c1ccc(-c2nc(-c3ccccc3)nc(-c3ccc4c5c3c3ccccc3n5c3cccc5sc6ccc7c8ccccc8n4c7c6c53)n2)cc1. The Hall–Kier alpha value is -6.63. The van der Waals surface area contributed by atoms with Crippen LogP contribution in [0, 0.1) is 0 Å². The molecule has 0 aliphatic carbocycles. The Kier molecular flexibility index (Phi) is 5.32. The van der Waals surface area contributed by atoms with Gasteiger partial charge in [-0.05, 0) is 42.5 Å². The van der Waals surface area contributed by atoms with Crippen molar-refractivity contribution in [2.45, 2.75) is 0 Å². The monoisotopic (exact) mass is 667 g/mol. The van der Waals surface area contributed by atoms with Crippen LogP contribution in [0.1, 0.15) is 0 Å². The predicted molar refractivity (Wildman–Crippen MR) is 212 cm³/mol. The number of hydrogen-bond acceptors (Lipinski definition) is 4. The molecular weight excluding hydrogens is 643 g/mol. The van der Waals surface area contributed by atoms with E-state index in [0.29, 0.717) is 17.5 Å². The van der Waals surface area contributed by atoms with Crippen molar-refractivity contribution >= 4 is 86.2 Å². The third-order valence-corrected chi connectivity index (χ3v) is 11.6. The van der Waals surface area contributed by atoms with Crippen molar-refractivity contribution in [3.63, 3.8) is 0 Å². The molecule has 0 unspecified atom stereocenters. The summed E-state index contributed by atoms with van der Waals surface area (Å²) in [5, 5.41) is 7.43. The van der Waals surface area contributed by atoms with Crippen molar-refractivity contribution < 1.29 is 0 Å². The molecule has 0 amide bonds. The van der Waals surface area contributed by atoms with Gasteiger partial charge in [0.1, 0.15) is 0 Å². The molecular formula is C45H25N5S. The number of rotatable bonds is 3. The number of nitrogens with zero attached hydrogens (tertiary/aromatic N) is 5. The molecule has 0 N–H and O–H groups in total. The second-order valence-corrected chi connectivity index (χ2v) is 14.3. The Morgan fingerprint density at radius 3 is 1.69 bits per heavy atom. The van der Waals surface area contributed by atoms with Crippen LogP contribution in [0.25, 0.3) is 109 Å². The number of thiophene rings is 1. The van der Waals surface area contributed by atoms with Gasteiger partial charge in [-0.1, -0.05) is 109 Å². The Morgan fingerprint density at radius 1 is 0.353 bits per heavy atom. The van der Waals surface area contributed by atoms with Gasteiger partial charge in [0.25, 0.3) is 0 Å². The highest BCUT2D eigenvalue weighted by molar-refractivity contribution is 7.26. The van der Waals surface area contributed by atoms with Gasteiger partial charge in [0.15, 0.2) is 17.5 Å². The van der Waals surface area contributed by atoms with Gasteiger partial charge in [0, 0.05) is 58.4 Å². The predicted octanol–water partition coefficient (Wildman–Crippen LogP) is 11.8. The molecule has 5 aromatic heterocycles. The third kappa shape index (κ3) is 3.61. The van der Waals surface area contributed by atoms with E-state index < -0.39 is 0 Å². The first-order valence-electron chi connectivity index (χ1n) is 17.1. The lowest BCUT2D eigenvalue weighted by molar-refractivity contribution is 1.08. The summed E-state index contributed by atoms with van der Waals surface area (Å²) in [5.41, 5.74) is 9.96. The van der Waals surface area contributed by atoms with Gasteiger partial charge >= 0.3 is 0 Å². The quantitative estimate of drug-likeness (QED) is 0.188. The Labute approximate surface area is 294 Å². The molecule has 0 atom stereocenters. The van der Waals surface area contributed by atoms with Crippen LogP contribution in [0.5, 0.6) is 0 Å². The molecule has 0 aliphatic heterocycles. The lowest BCUT2D eigenvalue weighted by Gasteiger charge is -2.12. The van der Waals surface area contributed by atoms with E-state index >= 15 is 0 Å². The smallest absolute Gasteiger partial charge is 0.164 e. The fourth-order valence-corrected chi connectivity index (χ4v) is 9.53. The van der Waals surface area contributed by atoms with Crippen molar-refractivity contribution in [1.29, 1.82) is 0 Å². The minimum Gasteiger partial charge on any atom is -0.306 e. The summed E-state index contributed by atoms with van der Waals surface area (Å²) >= 11 is 1.87. The highest BCUT2D eigenvalue weighted by atomic mass is 32.1. The molecule has 7 aromatic carbocycles. The fraction of sp³-hybridized carbons (Fsp3) is 0. The standard InChI is InChI=1S/C45H25N5S/c1-3-12-26(13-4-1)43-46-44(27-14-5-2-6-15-27)48-45(47-43)31-22-24-35-42-38(31)30-17-8-10-19-33(30)49(42)34-20-11-21-36-39(34)40-37(51-36)25-23-29-28-16-7-9-18-32(28)50(35)41(29)40/h1-25H. The highest BCUT2D eigenvalue weighted by Crippen LogP contribution is 2.47. The molecule has 12 aromatic rings. The highest BCUT2D eigenvalue weighted by Gasteiger charge is 2.25. The second kappa shape index (κ2) is 9.97. The summed E-state index contributed by atoms with van der Waals surface area (Å²) in [7, 11) is 0. The average Bonchev–Trinajstić information content (AvgIpc) is 3.86. The molecule has 12 rings (SSSR count). The first kappa shape index (κ1) is 27.2. The van der Waals surface area contributed by atoms with Crippen molar-refractivity contribution in [3.05, 3.63) is 152 Å². The van der Waals surface area contributed by atoms with Crippen molar-refractivity contribution in [2.75, 3.05) is 0 Å². The summed E-state index contributed by atoms with van der Waals surface area (Å²) in [6.45, 7) is 0. The van der Waals surface area contributed by atoms with Gasteiger partial charge in [0.2, 0.25) is 0 Å². The average molecular weight is 668 g/mol. The van der Waals surface area contributed by atoms with Crippen LogP contribution in [-0.4, -0.2) is 23.8 Å². The molecule has 51 heavy (non-hydrogen) atoms. The molecule has 6 heteroatoms. The van der Waals surface area contributed by atoms with Crippen LogP contribution in [0.2, 0.25) is 0 Å². The number of benzene rings is 7. The Morgan fingerprint density at radius 2 is 0.941 bits per heavy atom. The molecule has 0 aliphatic rings. The van der Waals surface area contributed by atoms with Crippen LogP contribution >= 0.6 is 11.3 Å². The van der Waals surface area contributed by atoms with Gasteiger partial charge in [-0.15, -0.1) is 11.3 Å². The van der Waals surface area contributed by atoms with E-state index in [0.717, 1.165) is 44.0 Å². The maximum absolute atomic E-state index is 5.22. The Balaban J connectivity index is 1.34. The molecule has 0 saturated heterocycles. The van der Waals surface area contributed by atoms with E-state index in [-0.39, 0.29) is 0 Å². The maximum atomic E-state index is 5.22. The zero-order valence-electron chi connectivity index (χ0n) is 27.1. The minimum atomic E-state index is 0.651. The van der Waals surface area contributed by atoms with E-state index in [9.17, 15) is 0 Å². The van der Waals surface area contributed by atoms with E-state index in [4.69, 9.17) is 15.0 Å². The lowest BCUT2D eigenvalue weighted by Crippen LogP contribution is -2.01. The first-order chi connectivity index (χ1) is 25.3. The number of fused-ring (bicyclic) bond motifs is 8. The summed E-state index contributed by atoms with van der Waals surface area (Å²) < 4.78 is 7.59. The third-order valence-electron chi connectivity index (χ3n) is 10.5. The van der Waals surface area contributed by atoms with Gasteiger partial charge in [-0.3, -0.25) is 0 Å². The van der Waals surface area contributed by atoms with Crippen LogP contribution in [-0.2, 0) is 0 Å². The fourth-order valence-electron chi connectivity index (χ4n) is 8.40. The summed E-state index contributed by atoms with van der Waals surface area (Å²) in [6, 6.07) is 53.9. The zero-order valence-corrected chi connectivity index (χ0v) is 27.9. The molecule has 5 heterocycles. The van der Waals surface area contributed by atoms with E-state index in [1.165, 1.54) is 47.5 Å². The largest absolute Gasteiger partial charge is 0.306 e. The second-order valence-electron chi connectivity index (χ2n) is 13.2. The zero-order chi connectivity index (χ0) is 33.2. The molecule has 0 spiro atoms. The van der Waals surface area contributed by atoms with Crippen molar-refractivity contribution in [1.82, 2.24) is 23.8 Å². The van der Waals surface area contributed by atoms with Crippen LogP contribution < -0.4 is 0 Å². The topological polar surface area (TPSA) is 47.5 Å². The lowest BCUT2D eigenvalue weighted by atomic mass is 10.0. The van der Waals surface area contributed by atoms with Gasteiger partial charge in [0.05, 0.1) is 33.1 Å². The van der Waals surface area contributed by atoms with Gasteiger partial charge in [-0.25, -0.2) is 15.0 Å². The summed E-state index contributed by atoms with van der Waals surface area (Å²) in [4.78, 5) is 15.5. The first-order valence-corrected chi connectivity index (χ1v) is 17.9. The number of aromatic nitrogens is 5. The van der Waals surface area contributed by atoms with Gasteiger partial charge in [-0.2, -0.15) is 0 Å². The molecule has 5 nitrogen and oxygen atoms in total. The van der Waals surface area contributed by atoms with E-state index in [2.05, 4.69) is 124 Å². The minimum absolute atomic E-state index is 0.651. The number of hydrogen-bond donors (Lipinski definition) is 0. The normalized spacial score (nSPS) is 12.3. The summed E-state index contributed by atoms with van der Waals surface area (Å²) in [5.74, 6) is 1.95. The van der Waals surface area contributed by atoms with Crippen molar-refractivity contribution in [2.24, 2.45) is 0 Å². The van der Waals surface area contributed by atoms with Crippen LogP contribution in [0.15, 0.2) is 152 Å². The van der Waals surface area contributed by atoms with E-state index in [1.807, 2.05) is 47.7 Å². The van der Waals surface area contributed by atoms with Gasteiger partial charge < -0.3 is 8.80 Å². The maximum Gasteiger partial charge on any atom is 0.164 e. The van der Waals surface area contributed by atoms with Crippen LogP contribution in [0.4, 0.5) is 0 Å². The summed E-state index contributed by atoms with van der Waals surface area (Å²) in [6.07, 6.45) is 0. The Bertz CT molecular complexity index is 3300.